The summed E-state index contributed by atoms with van der Waals surface area (Å²) in [6.45, 7) is 1.43. The molecule has 0 bridgehead atoms. The van der Waals surface area contributed by atoms with E-state index in [4.69, 9.17) is 15.2 Å². The van der Waals surface area contributed by atoms with Crippen molar-refractivity contribution in [1.82, 2.24) is 9.97 Å². The number of para-hydroxylation sites is 8. The quantitative estimate of drug-likeness (QED) is 0.0659. The third-order valence-electron chi connectivity index (χ3n) is 19.6. The Bertz CT molecular complexity index is 6280. The molecule has 35 heteroatoms. The molecule has 127 heavy (non-hydrogen) atoms. The van der Waals surface area contributed by atoms with Crippen LogP contribution in [-0.2, 0) is 28.2 Å². The van der Waals surface area contributed by atoms with E-state index in [-0.39, 0.29) is 0 Å². The monoisotopic (exact) mass is 1850 g/mol. The summed E-state index contributed by atoms with van der Waals surface area (Å²) < 4.78 is 246. The number of aromatic nitrogens is 6. The number of rotatable bonds is 8. The molecule has 7 nitrogen and oxygen atoms in total. The summed E-state index contributed by atoms with van der Waals surface area (Å²) in [4.78, 5) is 10.5. The number of aryl methyl sites for hydroxylation is 4. The minimum absolute atomic E-state index is 0.956. The SMILES string of the molecule is CC#N.C[n+]1c2ccccc2c(-c2cccc(-c3cccc(-c4cccc(-c5c6ccccc6[n+](C)c6ccccc56)c4)n3)c2)c2ccccc21.C[n+]1c2ccccc2c(-c2cccc(-c3cccc(-c4cccc(-c5c6ccccc6[n+](C)c6ccccc56)c4)n3)c2)c2ccccc21.F[P-](F)(F)(F)(F)F.F[P-](F)(F)(F)(F)F.F[P-](F)(F)(F)(F)F.F[P-](F)(F)(F)(F)F. The van der Waals surface area contributed by atoms with E-state index < -0.39 is 31.2 Å². The molecule has 660 valence electrons. The van der Waals surface area contributed by atoms with Crippen molar-refractivity contribution < 1.29 is 119 Å². The van der Waals surface area contributed by atoms with Gasteiger partial charge in [-0.1, -0.05) is 182 Å². The van der Waals surface area contributed by atoms with Gasteiger partial charge in [-0.05, 0) is 119 Å². The number of pyridine rings is 6. The van der Waals surface area contributed by atoms with Gasteiger partial charge >= 0.3 is 132 Å². The van der Waals surface area contributed by atoms with E-state index in [1.54, 1.807) is 6.07 Å². The van der Waals surface area contributed by atoms with E-state index in [2.05, 4.69) is 374 Å². The fourth-order valence-electron chi connectivity index (χ4n) is 15.0. The Hall–Kier alpha value is -12.9. The second kappa shape index (κ2) is 31.6. The number of fused-ring (bicyclic) bond motifs is 8. The maximum atomic E-state index is 9.87. The summed E-state index contributed by atoms with van der Waals surface area (Å²) in [6, 6.07) is 119. The van der Waals surface area contributed by atoms with Crippen LogP contribution in [0.4, 0.5) is 101 Å². The van der Waals surface area contributed by atoms with Crippen LogP contribution in [0, 0.1) is 11.3 Å². The summed E-state index contributed by atoms with van der Waals surface area (Å²) in [5.41, 5.74) is 27.7. The van der Waals surface area contributed by atoms with E-state index in [0.717, 1.165) is 45.0 Å². The van der Waals surface area contributed by atoms with Crippen LogP contribution in [0.25, 0.3) is 177 Å². The van der Waals surface area contributed by atoms with Gasteiger partial charge in [-0.15, -0.1) is 0 Å². The zero-order chi connectivity index (χ0) is 92.7. The second-order valence-electron chi connectivity index (χ2n) is 29.1. The first-order chi connectivity index (χ1) is 58.5. The van der Waals surface area contributed by atoms with Crippen LogP contribution in [0.3, 0.4) is 0 Å². The molecule has 18 aromatic rings. The number of hydrogen-bond donors (Lipinski definition) is 0. The number of nitrogens with zero attached hydrogens (tertiary/aromatic N) is 7. The Morgan fingerprint density at radius 2 is 0.315 bits per heavy atom. The fraction of sp³-hybridized carbons (Fsp3) is 0.0543. The molecule has 0 radical (unpaired) electrons. The van der Waals surface area contributed by atoms with Gasteiger partial charge in [0.05, 0.1) is 71.9 Å². The van der Waals surface area contributed by atoms with Crippen LogP contribution in [-0.4, -0.2) is 9.97 Å². The summed E-state index contributed by atoms with van der Waals surface area (Å²) in [7, 11) is -34.0. The summed E-state index contributed by atoms with van der Waals surface area (Å²) in [5.74, 6) is 0. The molecule has 0 aliphatic rings. The molecule has 18 rings (SSSR count). The molecule has 0 aliphatic heterocycles. The number of benzene rings is 12. The Morgan fingerprint density at radius 1 is 0.197 bits per heavy atom. The first kappa shape index (κ1) is 93.3. The van der Waals surface area contributed by atoms with Gasteiger partial charge in [-0.3, -0.25) is 0 Å². The molecule has 0 saturated heterocycles. The number of halogens is 24. The molecule has 0 atom stereocenters. The van der Waals surface area contributed by atoms with Gasteiger partial charge in [0.1, 0.15) is 28.2 Å². The molecule has 0 amide bonds. The molecule has 0 saturated carbocycles. The zero-order valence-electron chi connectivity index (χ0n) is 66.7. The Labute approximate surface area is 707 Å². The van der Waals surface area contributed by atoms with Crippen molar-refractivity contribution in [3.05, 3.63) is 328 Å². The van der Waals surface area contributed by atoms with Crippen LogP contribution in [0.15, 0.2) is 328 Å². The van der Waals surface area contributed by atoms with E-state index in [1.165, 1.54) is 139 Å². The molecule has 0 fully saturated rings. The van der Waals surface area contributed by atoms with E-state index in [1.807, 2.05) is 0 Å². The van der Waals surface area contributed by atoms with E-state index >= 15 is 0 Å². The molecule has 0 spiro atoms. The molecule has 0 aliphatic carbocycles. The predicted molar refractivity (Wildman–Crippen MR) is 462 cm³/mol. The van der Waals surface area contributed by atoms with Crippen molar-refractivity contribution in [2.75, 3.05) is 0 Å². The van der Waals surface area contributed by atoms with Gasteiger partial charge < -0.3 is 0 Å². The average Bonchev–Trinajstić information content (AvgIpc) is 0.751. The molecule has 0 N–H and O–H groups in total. The van der Waals surface area contributed by atoms with Crippen molar-refractivity contribution in [3.8, 4) is 95.6 Å². The van der Waals surface area contributed by atoms with Crippen LogP contribution in [0.1, 0.15) is 6.92 Å². The van der Waals surface area contributed by atoms with Crippen LogP contribution in [0.5, 0.6) is 0 Å². The van der Waals surface area contributed by atoms with Crippen molar-refractivity contribution >= 4 is 118 Å². The van der Waals surface area contributed by atoms with E-state index in [9.17, 15) is 101 Å². The van der Waals surface area contributed by atoms with Crippen molar-refractivity contribution in [1.29, 1.82) is 5.26 Å². The summed E-state index contributed by atoms with van der Waals surface area (Å²) >= 11 is 0. The molecule has 6 aromatic heterocycles. The second-order valence-corrected chi connectivity index (χ2v) is 36.7. The normalized spacial score (nSPS) is 13.9. The van der Waals surface area contributed by atoms with Crippen molar-refractivity contribution in [2.24, 2.45) is 28.2 Å². The van der Waals surface area contributed by atoms with Gasteiger partial charge in [-0.25, -0.2) is 9.97 Å². The molecular weight excluding hydrogens is 1780 g/mol. The van der Waals surface area contributed by atoms with Gasteiger partial charge in [0.15, 0.2) is 0 Å². The zero-order valence-corrected chi connectivity index (χ0v) is 70.2. The molecule has 0 unspecified atom stereocenters. The summed E-state index contributed by atoms with van der Waals surface area (Å²) in [5, 5.41) is 17.2. The maximum absolute atomic E-state index is 10.7. The Kier molecular flexibility index (Phi) is 23.2. The molecule has 12 aromatic carbocycles. The van der Waals surface area contributed by atoms with Crippen molar-refractivity contribution in [3.63, 3.8) is 0 Å². The topological polar surface area (TPSA) is 65.1 Å². The third-order valence-corrected chi connectivity index (χ3v) is 19.6. The van der Waals surface area contributed by atoms with Gasteiger partial charge in [0.2, 0.25) is 44.1 Å². The van der Waals surface area contributed by atoms with Crippen LogP contribution in [0.2, 0.25) is 0 Å². The number of nitriles is 1. The Balaban J connectivity index is 0.000000173. The van der Waals surface area contributed by atoms with Gasteiger partial charge in [0, 0.05) is 100.0 Å². The Morgan fingerprint density at radius 3 is 0.457 bits per heavy atom. The van der Waals surface area contributed by atoms with Crippen LogP contribution < -0.4 is 18.3 Å². The molecular formula is C92H69F24N7P4. The van der Waals surface area contributed by atoms with Gasteiger partial charge in [0.25, 0.3) is 0 Å². The predicted octanol–water partition coefficient (Wildman–Crippen LogP) is 34.1. The molecule has 6 heterocycles. The van der Waals surface area contributed by atoms with E-state index in [0.29, 0.717) is 0 Å². The van der Waals surface area contributed by atoms with Crippen LogP contribution >= 0.6 is 31.2 Å². The summed E-state index contributed by atoms with van der Waals surface area (Å²) in [6.07, 6.45) is 0. The van der Waals surface area contributed by atoms with Gasteiger partial charge in [-0.2, -0.15) is 23.5 Å². The number of hydrogen-bond acceptors (Lipinski definition) is 3. The first-order valence-electron chi connectivity index (χ1n) is 37.6. The average molecular weight is 1850 g/mol. The third kappa shape index (κ3) is 26.2. The standard InChI is InChI=1S/2C45H33N3.C2H3N.4F6P/c2*1-47-40-24-7-3-18-34(40)44(35-19-4-8-25-41(35)47)32-16-11-14-30(28-32)38-22-13-23-39(46-38)31-15-12-17-33(29-31)45-36-20-5-9-26-42(36)48(2)43-27-10-6-21-37(43)45;1-2-3;4*1-7(2,3,4,5)6/h2*3-29H,1-2H3;1H3;;;;/q2*+2;;4*-1. The first-order valence-corrected chi connectivity index (χ1v) is 45.8. The fourth-order valence-corrected chi connectivity index (χ4v) is 15.0. The van der Waals surface area contributed by atoms with Crippen molar-refractivity contribution in [2.45, 2.75) is 6.92 Å². The minimum atomic E-state index is -10.7.